The Morgan fingerprint density at radius 3 is 2.73 bits per heavy atom. The molecule has 62 valence electrons. The van der Waals surface area contributed by atoms with Crippen LogP contribution in [0, 0.1) is 5.92 Å². The van der Waals surface area contributed by atoms with E-state index in [1.807, 2.05) is 0 Å². The smallest absolute Gasteiger partial charge is 0.0594 e. The highest BCUT2D eigenvalue weighted by atomic mass is 16.3. The molecule has 0 amide bonds. The SMILES string of the molecule is [N-]=[N+]=N[C@H]1C[C@H](CO)[C@@H](O)C1. The standard InChI is InChI=1S/C6H11N3O2/c7-9-8-5-1-4(3-10)6(11)2-5/h4-6,10-11H,1-3H2/t4-,5+,6+/m1/s1. The molecule has 0 aromatic rings. The molecule has 2 N–H and O–H groups in total. The molecule has 0 unspecified atom stereocenters. The van der Waals surface area contributed by atoms with Crippen molar-refractivity contribution in [2.45, 2.75) is 25.0 Å². The van der Waals surface area contributed by atoms with E-state index in [-0.39, 0.29) is 18.6 Å². The lowest BCUT2D eigenvalue weighted by molar-refractivity contribution is 0.0908. The highest BCUT2D eigenvalue weighted by Crippen LogP contribution is 2.27. The highest BCUT2D eigenvalue weighted by molar-refractivity contribution is 4.86. The molecule has 0 aromatic heterocycles. The van der Waals surface area contributed by atoms with Gasteiger partial charge in [0.1, 0.15) is 0 Å². The lowest BCUT2D eigenvalue weighted by atomic mass is 10.1. The van der Waals surface area contributed by atoms with Crippen molar-refractivity contribution in [1.29, 1.82) is 0 Å². The molecule has 1 aliphatic carbocycles. The monoisotopic (exact) mass is 157 g/mol. The number of hydrogen-bond donors (Lipinski definition) is 2. The van der Waals surface area contributed by atoms with E-state index in [4.69, 9.17) is 10.6 Å². The van der Waals surface area contributed by atoms with Crippen molar-refractivity contribution in [2.75, 3.05) is 6.61 Å². The van der Waals surface area contributed by atoms with Crippen LogP contribution >= 0.6 is 0 Å². The third-order valence-electron chi connectivity index (χ3n) is 2.08. The number of azide groups is 1. The first-order valence-electron chi connectivity index (χ1n) is 3.61. The van der Waals surface area contributed by atoms with Crippen LogP contribution in [0.1, 0.15) is 12.8 Å². The Kier molecular flexibility index (Phi) is 2.70. The molecule has 5 heteroatoms. The van der Waals surface area contributed by atoms with Gasteiger partial charge in [-0.25, -0.2) is 0 Å². The quantitative estimate of drug-likeness (QED) is 0.345. The fourth-order valence-corrected chi connectivity index (χ4v) is 1.44. The number of nitrogens with zero attached hydrogens (tertiary/aromatic N) is 3. The largest absolute Gasteiger partial charge is 0.396 e. The molecule has 1 saturated carbocycles. The molecule has 1 fully saturated rings. The summed E-state index contributed by atoms with van der Waals surface area (Å²) in [4.78, 5) is 2.65. The second kappa shape index (κ2) is 3.57. The van der Waals surface area contributed by atoms with E-state index in [0.29, 0.717) is 12.8 Å². The summed E-state index contributed by atoms with van der Waals surface area (Å²) >= 11 is 0. The van der Waals surface area contributed by atoms with Gasteiger partial charge in [-0.05, 0) is 18.4 Å². The van der Waals surface area contributed by atoms with E-state index in [0.717, 1.165) is 0 Å². The fourth-order valence-electron chi connectivity index (χ4n) is 1.44. The second-order valence-electron chi connectivity index (χ2n) is 2.84. The summed E-state index contributed by atoms with van der Waals surface area (Å²) in [7, 11) is 0. The maximum Gasteiger partial charge on any atom is 0.0594 e. The van der Waals surface area contributed by atoms with Crippen LogP contribution in [0.5, 0.6) is 0 Å². The summed E-state index contributed by atoms with van der Waals surface area (Å²) in [5.74, 6) is -0.106. The average Bonchev–Trinajstić information content (AvgIpc) is 2.32. The van der Waals surface area contributed by atoms with E-state index >= 15 is 0 Å². The third kappa shape index (κ3) is 1.83. The zero-order chi connectivity index (χ0) is 8.27. The molecule has 0 heterocycles. The Hall–Kier alpha value is -0.770. The molecule has 1 rings (SSSR count). The molecule has 0 spiro atoms. The topological polar surface area (TPSA) is 89.2 Å². The van der Waals surface area contributed by atoms with Crippen LogP contribution in [0.2, 0.25) is 0 Å². The first-order valence-corrected chi connectivity index (χ1v) is 3.61. The van der Waals surface area contributed by atoms with Crippen molar-refractivity contribution in [1.82, 2.24) is 0 Å². The summed E-state index contributed by atoms with van der Waals surface area (Å²) in [6.07, 6.45) is 0.576. The molecule has 0 aromatic carbocycles. The van der Waals surface area contributed by atoms with Gasteiger partial charge in [0.25, 0.3) is 0 Å². The molecule has 11 heavy (non-hydrogen) atoms. The van der Waals surface area contributed by atoms with Crippen molar-refractivity contribution in [3.63, 3.8) is 0 Å². The molecule has 0 bridgehead atoms. The van der Waals surface area contributed by atoms with Crippen LogP contribution in [-0.4, -0.2) is 29.0 Å². The van der Waals surface area contributed by atoms with Crippen LogP contribution in [0.25, 0.3) is 10.4 Å². The van der Waals surface area contributed by atoms with Gasteiger partial charge in [-0.15, -0.1) is 0 Å². The van der Waals surface area contributed by atoms with Crippen LogP contribution in [-0.2, 0) is 0 Å². The van der Waals surface area contributed by atoms with E-state index in [1.165, 1.54) is 0 Å². The second-order valence-corrected chi connectivity index (χ2v) is 2.84. The lowest BCUT2D eigenvalue weighted by Gasteiger charge is -2.08. The third-order valence-corrected chi connectivity index (χ3v) is 2.08. The van der Waals surface area contributed by atoms with E-state index in [9.17, 15) is 5.11 Å². The average molecular weight is 157 g/mol. The predicted octanol–water partition coefficient (Wildman–Crippen LogP) is 0.428. The fraction of sp³-hybridized carbons (Fsp3) is 1.00. The Morgan fingerprint density at radius 2 is 2.27 bits per heavy atom. The van der Waals surface area contributed by atoms with Crippen molar-refractivity contribution in [3.05, 3.63) is 10.4 Å². The molecule has 0 aliphatic heterocycles. The van der Waals surface area contributed by atoms with Gasteiger partial charge >= 0.3 is 0 Å². The zero-order valence-electron chi connectivity index (χ0n) is 6.09. The van der Waals surface area contributed by atoms with Crippen molar-refractivity contribution in [3.8, 4) is 0 Å². The van der Waals surface area contributed by atoms with Gasteiger partial charge in [0.2, 0.25) is 0 Å². The maximum absolute atomic E-state index is 9.24. The number of hydrogen-bond acceptors (Lipinski definition) is 3. The number of aliphatic hydroxyl groups is 2. The normalized spacial score (nSPS) is 36.7. The Balaban J connectivity index is 2.48. The minimum Gasteiger partial charge on any atom is -0.396 e. The maximum atomic E-state index is 9.24. The molecular formula is C6H11N3O2. The van der Waals surface area contributed by atoms with Crippen LogP contribution in [0.3, 0.4) is 0 Å². The van der Waals surface area contributed by atoms with Crippen molar-refractivity contribution >= 4 is 0 Å². The Bertz CT molecular complexity index is 179. The number of rotatable bonds is 2. The van der Waals surface area contributed by atoms with Crippen LogP contribution in [0.15, 0.2) is 5.11 Å². The van der Waals surface area contributed by atoms with Gasteiger partial charge in [0, 0.05) is 23.5 Å². The minimum atomic E-state index is -0.504. The molecular weight excluding hydrogens is 146 g/mol. The van der Waals surface area contributed by atoms with Gasteiger partial charge in [-0.2, -0.15) is 0 Å². The summed E-state index contributed by atoms with van der Waals surface area (Å²) in [5.41, 5.74) is 8.09. The van der Waals surface area contributed by atoms with Crippen molar-refractivity contribution in [2.24, 2.45) is 11.0 Å². The van der Waals surface area contributed by atoms with E-state index < -0.39 is 6.10 Å². The number of aliphatic hydroxyl groups excluding tert-OH is 2. The lowest BCUT2D eigenvalue weighted by Crippen LogP contribution is -2.16. The molecule has 0 radical (unpaired) electrons. The van der Waals surface area contributed by atoms with Crippen LogP contribution < -0.4 is 0 Å². The Labute approximate surface area is 64.3 Å². The van der Waals surface area contributed by atoms with E-state index in [1.54, 1.807) is 0 Å². The van der Waals surface area contributed by atoms with Crippen molar-refractivity contribution < 1.29 is 10.2 Å². The summed E-state index contributed by atoms with van der Waals surface area (Å²) in [6.45, 7) is -0.0292. The van der Waals surface area contributed by atoms with Gasteiger partial charge in [0.15, 0.2) is 0 Å². The first kappa shape index (κ1) is 8.33. The summed E-state index contributed by atoms with van der Waals surface area (Å²) < 4.78 is 0. The van der Waals surface area contributed by atoms with Gasteiger partial charge in [-0.1, -0.05) is 5.11 Å². The molecule has 5 nitrogen and oxygen atoms in total. The van der Waals surface area contributed by atoms with Gasteiger partial charge < -0.3 is 10.2 Å². The molecule has 1 aliphatic rings. The minimum absolute atomic E-state index is 0.0292. The summed E-state index contributed by atoms with van der Waals surface area (Å²) in [6, 6.07) is -0.132. The highest BCUT2D eigenvalue weighted by Gasteiger charge is 2.31. The van der Waals surface area contributed by atoms with E-state index in [2.05, 4.69) is 10.0 Å². The molecule has 3 atom stereocenters. The van der Waals surface area contributed by atoms with Gasteiger partial charge in [-0.3, -0.25) is 0 Å². The first-order chi connectivity index (χ1) is 5.27. The van der Waals surface area contributed by atoms with Gasteiger partial charge in [0.05, 0.1) is 6.10 Å². The Morgan fingerprint density at radius 1 is 1.55 bits per heavy atom. The summed E-state index contributed by atoms with van der Waals surface area (Å²) in [5, 5.41) is 21.5. The van der Waals surface area contributed by atoms with Crippen LogP contribution in [0.4, 0.5) is 0 Å². The predicted molar refractivity (Wildman–Crippen MR) is 38.8 cm³/mol. The molecule has 0 saturated heterocycles. The zero-order valence-corrected chi connectivity index (χ0v) is 6.09.